The lowest BCUT2D eigenvalue weighted by Crippen LogP contribution is -2.30. The van der Waals surface area contributed by atoms with Crippen molar-refractivity contribution >= 4 is 15.8 Å². The molecule has 6 heteroatoms. The third-order valence-corrected chi connectivity index (χ3v) is 6.12. The fraction of sp³-hybridized carbons (Fsp3) is 0.174. The third kappa shape index (κ3) is 5.31. The fourth-order valence-corrected chi connectivity index (χ4v) is 4.19. The van der Waals surface area contributed by atoms with Gasteiger partial charge in [-0.1, -0.05) is 60.2 Å². The van der Waals surface area contributed by atoms with E-state index in [1.54, 1.807) is 79.9 Å². The van der Waals surface area contributed by atoms with Crippen molar-refractivity contribution in [1.29, 1.82) is 0 Å². The number of methoxy groups -OCH3 is 1. The highest BCUT2D eigenvalue weighted by Crippen LogP contribution is 2.24. The molecule has 0 saturated heterocycles. The van der Waals surface area contributed by atoms with Crippen LogP contribution in [-0.4, -0.2) is 21.3 Å². The van der Waals surface area contributed by atoms with E-state index in [1.807, 2.05) is 13.0 Å². The first-order chi connectivity index (χ1) is 13.9. The van der Waals surface area contributed by atoms with Gasteiger partial charge >= 0.3 is 0 Å². The monoisotopic (exact) mass is 409 g/mol. The SMILES string of the molecule is COc1ccc([C@H](CC(=O)c2ccccc2)NS(=O)(=O)c2ccc(C)cc2)cc1. The molecule has 3 rings (SSSR count). The van der Waals surface area contributed by atoms with Crippen molar-refractivity contribution in [3.05, 3.63) is 95.6 Å². The summed E-state index contributed by atoms with van der Waals surface area (Å²) in [6.45, 7) is 1.89. The molecule has 0 radical (unpaired) electrons. The quantitative estimate of drug-likeness (QED) is 0.563. The predicted molar refractivity (Wildman–Crippen MR) is 113 cm³/mol. The minimum atomic E-state index is -3.80. The summed E-state index contributed by atoms with van der Waals surface area (Å²) in [6.07, 6.45) is 0.00142. The largest absolute Gasteiger partial charge is 0.497 e. The Bertz CT molecular complexity index is 1060. The number of Topliss-reactive ketones (excluding diaryl/α,β-unsaturated/α-hetero) is 1. The van der Waals surface area contributed by atoms with E-state index in [0.717, 1.165) is 5.56 Å². The van der Waals surface area contributed by atoms with Crippen LogP contribution in [0.2, 0.25) is 0 Å². The summed E-state index contributed by atoms with van der Waals surface area (Å²) < 4.78 is 33.7. The molecule has 0 saturated carbocycles. The number of carbonyl (C=O) groups excluding carboxylic acids is 1. The molecule has 0 bridgehead atoms. The van der Waals surface area contributed by atoms with Gasteiger partial charge in [0.15, 0.2) is 5.78 Å². The topological polar surface area (TPSA) is 72.5 Å². The lowest BCUT2D eigenvalue weighted by Gasteiger charge is -2.19. The Kier molecular flexibility index (Phi) is 6.46. The summed E-state index contributed by atoms with van der Waals surface area (Å²) in [7, 11) is -2.24. The summed E-state index contributed by atoms with van der Waals surface area (Å²) in [4.78, 5) is 12.9. The van der Waals surface area contributed by atoms with Gasteiger partial charge in [0.1, 0.15) is 5.75 Å². The standard InChI is InChI=1S/C23H23NO4S/c1-17-8-14-21(15-9-17)29(26,27)24-22(18-10-12-20(28-2)13-11-18)16-23(25)19-6-4-3-5-7-19/h3-15,22,24H,16H2,1-2H3/t22-/m0/s1. The molecule has 0 unspecified atom stereocenters. The number of sulfonamides is 1. The van der Waals surface area contributed by atoms with Crippen molar-refractivity contribution in [2.24, 2.45) is 0 Å². The molecule has 0 aromatic heterocycles. The van der Waals surface area contributed by atoms with Gasteiger partial charge in [0.2, 0.25) is 10.0 Å². The summed E-state index contributed by atoms with van der Waals surface area (Å²) >= 11 is 0. The molecule has 29 heavy (non-hydrogen) atoms. The lowest BCUT2D eigenvalue weighted by molar-refractivity contribution is 0.0972. The summed E-state index contributed by atoms with van der Waals surface area (Å²) in [5, 5.41) is 0. The number of hydrogen-bond donors (Lipinski definition) is 1. The van der Waals surface area contributed by atoms with Gasteiger partial charge in [-0.25, -0.2) is 13.1 Å². The number of hydrogen-bond acceptors (Lipinski definition) is 4. The average molecular weight is 410 g/mol. The molecule has 0 aliphatic heterocycles. The van der Waals surface area contributed by atoms with Gasteiger partial charge < -0.3 is 4.74 Å². The number of ketones is 1. The van der Waals surface area contributed by atoms with E-state index in [2.05, 4.69) is 4.72 Å². The normalized spacial score (nSPS) is 12.3. The number of carbonyl (C=O) groups is 1. The molecule has 0 fully saturated rings. The van der Waals surface area contributed by atoms with Crippen LogP contribution >= 0.6 is 0 Å². The Balaban J connectivity index is 1.91. The van der Waals surface area contributed by atoms with E-state index in [-0.39, 0.29) is 17.1 Å². The molecule has 1 N–H and O–H groups in total. The molecular weight excluding hydrogens is 386 g/mol. The highest BCUT2D eigenvalue weighted by molar-refractivity contribution is 7.89. The number of benzene rings is 3. The summed E-state index contributed by atoms with van der Waals surface area (Å²) in [5.74, 6) is 0.515. The van der Waals surface area contributed by atoms with Crippen LogP contribution in [0.4, 0.5) is 0 Å². The maximum atomic E-state index is 12.9. The molecule has 1 atom stereocenters. The van der Waals surface area contributed by atoms with E-state index in [0.29, 0.717) is 16.9 Å². The number of aryl methyl sites for hydroxylation is 1. The van der Waals surface area contributed by atoms with Crippen LogP contribution < -0.4 is 9.46 Å². The van der Waals surface area contributed by atoms with Crippen LogP contribution in [0.1, 0.15) is 33.9 Å². The van der Waals surface area contributed by atoms with E-state index < -0.39 is 16.1 Å². The Morgan fingerprint density at radius 3 is 2.14 bits per heavy atom. The van der Waals surface area contributed by atoms with E-state index in [4.69, 9.17) is 4.74 Å². The minimum absolute atomic E-state index is 0.00142. The lowest BCUT2D eigenvalue weighted by atomic mass is 9.98. The Hall–Kier alpha value is -2.96. The molecule has 0 heterocycles. The number of nitrogens with one attached hydrogen (secondary N) is 1. The Morgan fingerprint density at radius 2 is 1.55 bits per heavy atom. The first kappa shape index (κ1) is 20.8. The highest BCUT2D eigenvalue weighted by atomic mass is 32.2. The summed E-state index contributed by atoms with van der Waals surface area (Å²) in [5.41, 5.74) is 2.20. The highest BCUT2D eigenvalue weighted by Gasteiger charge is 2.24. The molecule has 3 aromatic carbocycles. The van der Waals surface area contributed by atoms with Gasteiger partial charge in [-0.05, 0) is 36.8 Å². The van der Waals surface area contributed by atoms with Crippen molar-refractivity contribution < 1.29 is 17.9 Å². The molecular formula is C23H23NO4S. The Morgan fingerprint density at radius 1 is 0.931 bits per heavy atom. The zero-order chi connectivity index (χ0) is 20.9. The first-order valence-electron chi connectivity index (χ1n) is 9.20. The molecule has 5 nitrogen and oxygen atoms in total. The van der Waals surface area contributed by atoms with E-state index in [9.17, 15) is 13.2 Å². The summed E-state index contributed by atoms with van der Waals surface area (Å²) in [6, 6.07) is 21.8. The Labute approximate surface area is 171 Å². The van der Waals surface area contributed by atoms with Crippen LogP contribution in [0.3, 0.4) is 0 Å². The van der Waals surface area contributed by atoms with Crippen LogP contribution in [0.5, 0.6) is 5.75 Å². The molecule has 3 aromatic rings. The van der Waals surface area contributed by atoms with Gasteiger partial charge in [0, 0.05) is 12.0 Å². The average Bonchev–Trinajstić information content (AvgIpc) is 2.74. The predicted octanol–water partition coefficient (Wildman–Crippen LogP) is 4.30. The van der Waals surface area contributed by atoms with Crippen molar-refractivity contribution in [3.8, 4) is 5.75 Å². The molecule has 0 amide bonds. The fourth-order valence-electron chi connectivity index (χ4n) is 2.96. The second-order valence-electron chi connectivity index (χ2n) is 6.75. The zero-order valence-corrected chi connectivity index (χ0v) is 17.1. The van der Waals surface area contributed by atoms with Crippen LogP contribution in [0.25, 0.3) is 0 Å². The van der Waals surface area contributed by atoms with Crippen LogP contribution in [0, 0.1) is 6.92 Å². The van der Waals surface area contributed by atoms with Crippen molar-refractivity contribution in [2.45, 2.75) is 24.3 Å². The molecule has 0 spiro atoms. The van der Waals surface area contributed by atoms with E-state index >= 15 is 0 Å². The number of ether oxygens (including phenoxy) is 1. The molecule has 0 aliphatic rings. The maximum Gasteiger partial charge on any atom is 0.241 e. The maximum absolute atomic E-state index is 12.9. The molecule has 0 aliphatic carbocycles. The number of rotatable bonds is 8. The molecule has 150 valence electrons. The van der Waals surface area contributed by atoms with Gasteiger partial charge in [-0.3, -0.25) is 4.79 Å². The first-order valence-corrected chi connectivity index (χ1v) is 10.7. The van der Waals surface area contributed by atoms with Crippen LogP contribution in [-0.2, 0) is 10.0 Å². The van der Waals surface area contributed by atoms with Gasteiger partial charge in [0.25, 0.3) is 0 Å². The van der Waals surface area contributed by atoms with Gasteiger partial charge in [0.05, 0.1) is 18.0 Å². The van der Waals surface area contributed by atoms with E-state index in [1.165, 1.54) is 0 Å². The van der Waals surface area contributed by atoms with Crippen LogP contribution in [0.15, 0.2) is 83.8 Å². The second kappa shape index (κ2) is 9.03. The second-order valence-corrected chi connectivity index (χ2v) is 8.47. The van der Waals surface area contributed by atoms with Crippen molar-refractivity contribution in [2.75, 3.05) is 7.11 Å². The van der Waals surface area contributed by atoms with Crippen molar-refractivity contribution in [3.63, 3.8) is 0 Å². The third-order valence-electron chi connectivity index (χ3n) is 4.63. The van der Waals surface area contributed by atoms with Gasteiger partial charge in [-0.15, -0.1) is 0 Å². The smallest absolute Gasteiger partial charge is 0.241 e. The van der Waals surface area contributed by atoms with Gasteiger partial charge in [-0.2, -0.15) is 0 Å². The minimum Gasteiger partial charge on any atom is -0.497 e. The zero-order valence-electron chi connectivity index (χ0n) is 16.3. The van der Waals surface area contributed by atoms with Crippen molar-refractivity contribution in [1.82, 2.24) is 4.72 Å².